The van der Waals surface area contributed by atoms with E-state index in [1.807, 2.05) is 0 Å². The first-order valence-electron chi connectivity index (χ1n) is 12.5. The summed E-state index contributed by atoms with van der Waals surface area (Å²) < 4.78 is 141. The maximum absolute atomic E-state index is 14.6. The summed E-state index contributed by atoms with van der Waals surface area (Å²) in [5.41, 5.74) is -13.0. The number of halogens is 9. The van der Waals surface area contributed by atoms with Gasteiger partial charge in [-0.3, -0.25) is 0 Å². The zero-order valence-electron chi connectivity index (χ0n) is 22.2. The van der Waals surface area contributed by atoms with Crippen LogP contribution >= 0.6 is 41.6 Å². The normalized spacial score (nSPS) is 14.4. The quantitative estimate of drug-likeness (QED) is 0.114. The molecule has 0 aliphatic carbocycles. The number of unbranched alkanes of at least 4 members (excludes halogenated alkanes) is 3. The topological polar surface area (TPSA) is 71.5 Å². The summed E-state index contributed by atoms with van der Waals surface area (Å²) in [5.74, 6) is 0. The molecule has 238 valence electrons. The first-order valence-corrected chi connectivity index (χ1v) is 18.9. The van der Waals surface area contributed by atoms with E-state index < -0.39 is 63.4 Å². The molecule has 0 aromatic heterocycles. The molecule has 0 saturated heterocycles. The zero-order valence-corrected chi connectivity index (χ0v) is 27.0. The van der Waals surface area contributed by atoms with Gasteiger partial charge in [-0.25, -0.2) is 0 Å². The van der Waals surface area contributed by atoms with Gasteiger partial charge in [0.15, 0.2) is 0 Å². The molecule has 0 unspecified atom stereocenters. The van der Waals surface area contributed by atoms with E-state index in [4.69, 9.17) is 34.8 Å². The van der Waals surface area contributed by atoms with Crippen LogP contribution in [0.3, 0.4) is 0 Å². The van der Waals surface area contributed by atoms with Gasteiger partial charge >= 0.3 is 262 Å². The van der Waals surface area contributed by atoms with E-state index in [2.05, 4.69) is 0 Å². The summed E-state index contributed by atoms with van der Waals surface area (Å²) in [4.78, 5) is 0. The third kappa shape index (κ3) is 6.15. The Bertz CT molecular complexity index is 1490. The van der Waals surface area contributed by atoms with Gasteiger partial charge in [0.2, 0.25) is 0 Å². The van der Waals surface area contributed by atoms with Crippen molar-refractivity contribution in [3.8, 4) is 0 Å². The van der Waals surface area contributed by atoms with E-state index in [1.165, 1.54) is 0 Å². The molecule has 3 rings (SSSR count). The van der Waals surface area contributed by atoms with E-state index in [1.54, 1.807) is 6.92 Å². The minimum absolute atomic E-state index is 0.00228. The van der Waals surface area contributed by atoms with Crippen LogP contribution in [0, 0.1) is 0 Å². The fourth-order valence-corrected chi connectivity index (χ4v) is 19.5. The second-order valence-corrected chi connectivity index (χ2v) is 20.1. The number of rotatable bonds is 11. The molecular formula is C26H25Cl3F6NO4PS2. The van der Waals surface area contributed by atoms with Crippen molar-refractivity contribution in [2.45, 2.75) is 43.6 Å². The third-order valence-electron chi connectivity index (χ3n) is 6.95. The van der Waals surface area contributed by atoms with Crippen LogP contribution in [0.4, 0.5) is 26.3 Å². The number of hydrogen-bond donors (Lipinski definition) is 0. The monoisotopic (exact) mass is 729 g/mol. The summed E-state index contributed by atoms with van der Waals surface area (Å²) in [7, 11) is -14.7. The number of sulfonamides is 2. The molecule has 0 atom stereocenters. The molecule has 0 amide bonds. The third-order valence-corrected chi connectivity index (χ3v) is 20.5. The van der Waals surface area contributed by atoms with Gasteiger partial charge in [-0.2, -0.15) is 0 Å². The summed E-state index contributed by atoms with van der Waals surface area (Å²) >= 11 is 18.2. The Labute approximate surface area is 260 Å². The Hall–Kier alpha value is -1.60. The summed E-state index contributed by atoms with van der Waals surface area (Å²) in [6.45, 7) is -4.43. The molecule has 0 aliphatic rings. The maximum atomic E-state index is 14.6. The average Bonchev–Trinajstić information content (AvgIpc) is 2.90. The van der Waals surface area contributed by atoms with Gasteiger partial charge in [0, 0.05) is 0 Å². The predicted octanol–water partition coefficient (Wildman–Crippen LogP) is 7.97. The Morgan fingerprint density at radius 2 is 0.884 bits per heavy atom. The van der Waals surface area contributed by atoms with Crippen LogP contribution in [-0.4, -0.2) is 37.5 Å². The van der Waals surface area contributed by atoms with Crippen molar-refractivity contribution < 1.29 is 43.2 Å². The molecule has 0 N–H and O–H groups in total. The van der Waals surface area contributed by atoms with Crippen LogP contribution in [0.25, 0.3) is 0 Å². The Morgan fingerprint density at radius 1 is 0.581 bits per heavy atom. The van der Waals surface area contributed by atoms with E-state index in [0.29, 0.717) is 12.8 Å². The van der Waals surface area contributed by atoms with E-state index in [9.17, 15) is 43.2 Å². The molecule has 17 heteroatoms. The molecule has 43 heavy (non-hydrogen) atoms. The van der Waals surface area contributed by atoms with Gasteiger partial charge < -0.3 is 0 Å². The van der Waals surface area contributed by atoms with Crippen LogP contribution in [0.2, 0.25) is 15.1 Å². The molecule has 0 aliphatic heterocycles. The first kappa shape index (κ1) is 35.9. The first-order chi connectivity index (χ1) is 19.8. The number of benzene rings is 3. The summed E-state index contributed by atoms with van der Waals surface area (Å²) in [6.07, 6.45) is 0.337. The average molecular weight is 731 g/mol. The Kier molecular flexibility index (Phi) is 10.6. The van der Waals surface area contributed by atoms with Gasteiger partial charge in [0.25, 0.3) is 0 Å². The van der Waals surface area contributed by atoms with Crippen molar-refractivity contribution in [2.24, 2.45) is 0 Å². The second-order valence-electron chi connectivity index (χ2n) is 9.54. The molecule has 5 nitrogen and oxygen atoms in total. The number of hydrogen-bond acceptors (Lipinski definition) is 4. The van der Waals surface area contributed by atoms with Gasteiger partial charge in [0.05, 0.1) is 0 Å². The van der Waals surface area contributed by atoms with Crippen molar-refractivity contribution >= 4 is 77.5 Å². The fourth-order valence-electron chi connectivity index (χ4n) is 5.11. The molecule has 0 spiro atoms. The Balaban J connectivity index is 2.88. The van der Waals surface area contributed by atoms with Crippen molar-refractivity contribution in [1.29, 1.82) is 0 Å². The molecule has 0 heterocycles. The van der Waals surface area contributed by atoms with Gasteiger partial charge in [-0.05, 0) is 0 Å². The van der Waals surface area contributed by atoms with Gasteiger partial charge in [-0.15, -0.1) is 0 Å². The van der Waals surface area contributed by atoms with E-state index >= 15 is 0 Å². The molecule has 0 fully saturated rings. The molecule has 3 aromatic rings. The van der Waals surface area contributed by atoms with E-state index in [-0.39, 0.29) is 27.9 Å². The molecule has 0 saturated carbocycles. The van der Waals surface area contributed by atoms with Crippen LogP contribution in [0.15, 0.2) is 72.8 Å². The molecule has 3 aromatic carbocycles. The number of nitrogens with zero attached hydrogens (tertiary/aromatic N) is 1. The fraction of sp³-hybridized carbons (Fsp3) is 0.308. The standard InChI is InChI=1S/C26H25Cl3F6NO4PS2/c1-2-3-4-5-18-41(22-12-6-19(27)7-13-22,23-14-8-20(28)9-15-23,24-16-10-21(29)11-17-24)36(42(37,38)25(30,31)32)43(39,40)26(33,34)35/h6-17H,2-5,18H2,1H3. The van der Waals surface area contributed by atoms with Crippen LogP contribution in [0.1, 0.15) is 32.6 Å². The molecule has 0 radical (unpaired) electrons. The summed E-state index contributed by atoms with van der Waals surface area (Å²) in [6, 6.07) is 13.1. The SMILES string of the molecule is CCCCCCP(c1ccc(Cl)cc1)(c1ccc(Cl)cc1)(c1ccc(Cl)cc1)N(S(=O)(=O)C(F)(F)F)S(=O)(=O)C(F)(F)F. The van der Waals surface area contributed by atoms with Crippen molar-refractivity contribution in [3.05, 3.63) is 87.9 Å². The van der Waals surface area contributed by atoms with Gasteiger partial charge in [-0.1, -0.05) is 0 Å². The van der Waals surface area contributed by atoms with Crippen molar-refractivity contribution in [3.63, 3.8) is 0 Å². The predicted molar refractivity (Wildman–Crippen MR) is 161 cm³/mol. The second kappa shape index (κ2) is 12.7. The van der Waals surface area contributed by atoms with Crippen LogP contribution in [0.5, 0.6) is 0 Å². The van der Waals surface area contributed by atoms with Crippen LogP contribution < -0.4 is 15.9 Å². The van der Waals surface area contributed by atoms with Gasteiger partial charge in [0.1, 0.15) is 0 Å². The van der Waals surface area contributed by atoms with E-state index in [0.717, 1.165) is 72.8 Å². The zero-order chi connectivity index (χ0) is 32.5. The van der Waals surface area contributed by atoms with Crippen molar-refractivity contribution in [2.75, 3.05) is 6.16 Å². The number of alkyl halides is 6. The minimum atomic E-state index is -7.33. The van der Waals surface area contributed by atoms with Crippen LogP contribution in [-0.2, 0) is 20.0 Å². The summed E-state index contributed by atoms with van der Waals surface area (Å²) in [5, 5.41) is -1.29. The molecule has 0 bridgehead atoms. The molecular weight excluding hydrogens is 706 g/mol. The van der Waals surface area contributed by atoms with Crippen molar-refractivity contribution in [1.82, 2.24) is 3.48 Å². The Morgan fingerprint density at radius 3 is 1.14 bits per heavy atom.